The smallest absolute Gasteiger partial charge is 0.261 e. The van der Waals surface area contributed by atoms with Crippen molar-refractivity contribution in [3.8, 4) is 0 Å². The Balaban J connectivity index is 1.52. The van der Waals surface area contributed by atoms with Gasteiger partial charge in [0.2, 0.25) is 0 Å². The normalized spacial score (nSPS) is 11.2. The molecular formula is C24H20N2O3S. The van der Waals surface area contributed by atoms with Gasteiger partial charge in [0.25, 0.3) is 15.9 Å². The molecule has 0 aromatic heterocycles. The van der Waals surface area contributed by atoms with E-state index in [0.717, 1.165) is 16.3 Å². The first-order valence-electron chi connectivity index (χ1n) is 9.41. The summed E-state index contributed by atoms with van der Waals surface area (Å²) in [6.45, 7) is 1.95. The highest BCUT2D eigenvalue weighted by Crippen LogP contribution is 2.26. The third-order valence-electron chi connectivity index (χ3n) is 4.77. The third-order valence-corrected chi connectivity index (χ3v) is 6.15. The van der Waals surface area contributed by atoms with Crippen molar-refractivity contribution in [2.24, 2.45) is 0 Å². The van der Waals surface area contributed by atoms with E-state index < -0.39 is 10.0 Å². The van der Waals surface area contributed by atoms with E-state index in [4.69, 9.17) is 0 Å². The molecule has 0 aliphatic heterocycles. The average molecular weight is 417 g/mol. The van der Waals surface area contributed by atoms with Crippen molar-refractivity contribution in [1.82, 2.24) is 0 Å². The Kier molecular flexibility index (Phi) is 5.25. The molecule has 4 aromatic rings. The lowest BCUT2D eigenvalue weighted by molar-refractivity contribution is 0.102. The predicted octanol–water partition coefficient (Wildman–Crippen LogP) is 5.20. The highest BCUT2D eigenvalue weighted by molar-refractivity contribution is 7.92. The minimum absolute atomic E-state index is 0.115. The molecule has 30 heavy (non-hydrogen) atoms. The van der Waals surface area contributed by atoms with E-state index in [1.807, 2.05) is 55.5 Å². The fourth-order valence-electron chi connectivity index (χ4n) is 3.14. The van der Waals surface area contributed by atoms with Gasteiger partial charge in [0, 0.05) is 16.6 Å². The first-order valence-corrected chi connectivity index (χ1v) is 10.9. The molecule has 5 nitrogen and oxygen atoms in total. The zero-order valence-electron chi connectivity index (χ0n) is 16.3. The number of amides is 1. The van der Waals surface area contributed by atoms with Gasteiger partial charge in [-0.15, -0.1) is 0 Å². The highest BCUT2D eigenvalue weighted by atomic mass is 32.2. The van der Waals surface area contributed by atoms with Crippen molar-refractivity contribution in [2.75, 3.05) is 10.0 Å². The second-order valence-electron chi connectivity index (χ2n) is 6.98. The molecule has 2 N–H and O–H groups in total. The topological polar surface area (TPSA) is 75.3 Å². The van der Waals surface area contributed by atoms with Crippen LogP contribution in [0.3, 0.4) is 0 Å². The quantitative estimate of drug-likeness (QED) is 0.469. The van der Waals surface area contributed by atoms with Gasteiger partial charge in [0.1, 0.15) is 0 Å². The van der Waals surface area contributed by atoms with Crippen LogP contribution in [0.25, 0.3) is 10.8 Å². The molecule has 0 radical (unpaired) electrons. The van der Waals surface area contributed by atoms with Gasteiger partial charge in [0.05, 0.1) is 10.6 Å². The van der Waals surface area contributed by atoms with Crippen LogP contribution in [-0.4, -0.2) is 14.3 Å². The van der Waals surface area contributed by atoms with E-state index in [9.17, 15) is 13.2 Å². The van der Waals surface area contributed by atoms with Gasteiger partial charge < -0.3 is 5.32 Å². The predicted molar refractivity (Wildman–Crippen MR) is 120 cm³/mol. The number of nitrogens with one attached hydrogen (secondary N) is 2. The first kappa shape index (κ1) is 19.7. The summed E-state index contributed by atoms with van der Waals surface area (Å²) in [6, 6.07) is 26.4. The van der Waals surface area contributed by atoms with Crippen molar-refractivity contribution >= 4 is 38.1 Å². The highest BCUT2D eigenvalue weighted by Gasteiger charge is 2.16. The number of anilines is 2. The van der Waals surface area contributed by atoms with Crippen molar-refractivity contribution in [2.45, 2.75) is 11.8 Å². The largest absolute Gasteiger partial charge is 0.322 e. The first-order chi connectivity index (χ1) is 14.4. The minimum atomic E-state index is -3.77. The number of fused-ring (bicyclic) bond motifs is 1. The summed E-state index contributed by atoms with van der Waals surface area (Å²) in [6.07, 6.45) is 0. The summed E-state index contributed by atoms with van der Waals surface area (Å²) >= 11 is 0. The second-order valence-corrected chi connectivity index (χ2v) is 8.66. The molecule has 4 rings (SSSR count). The Morgan fingerprint density at radius 2 is 1.43 bits per heavy atom. The van der Waals surface area contributed by atoms with Crippen LogP contribution in [0.4, 0.5) is 11.4 Å². The number of benzene rings is 4. The molecule has 0 spiro atoms. The SMILES string of the molecule is Cc1ccc(C(=O)Nc2ccc(S(=O)(=O)Nc3cccc4ccccc34)cc2)cc1. The number of hydrogen-bond donors (Lipinski definition) is 2. The lowest BCUT2D eigenvalue weighted by atomic mass is 10.1. The molecule has 0 unspecified atom stereocenters. The summed E-state index contributed by atoms with van der Waals surface area (Å²) < 4.78 is 28.3. The van der Waals surface area contributed by atoms with E-state index in [0.29, 0.717) is 16.9 Å². The van der Waals surface area contributed by atoms with Gasteiger partial charge in [-0.2, -0.15) is 0 Å². The van der Waals surface area contributed by atoms with E-state index >= 15 is 0 Å². The lowest BCUT2D eigenvalue weighted by Gasteiger charge is -2.11. The maximum Gasteiger partial charge on any atom is 0.261 e. The van der Waals surface area contributed by atoms with Gasteiger partial charge in [0.15, 0.2) is 0 Å². The van der Waals surface area contributed by atoms with Crippen LogP contribution in [0, 0.1) is 6.92 Å². The molecule has 0 fully saturated rings. The lowest BCUT2D eigenvalue weighted by Crippen LogP contribution is -2.14. The van der Waals surface area contributed by atoms with Crippen LogP contribution in [0.2, 0.25) is 0 Å². The number of hydrogen-bond acceptors (Lipinski definition) is 3. The number of carbonyl (C=O) groups is 1. The summed E-state index contributed by atoms with van der Waals surface area (Å²) in [5.74, 6) is -0.250. The molecule has 0 heterocycles. The monoisotopic (exact) mass is 416 g/mol. The fraction of sp³-hybridized carbons (Fsp3) is 0.0417. The van der Waals surface area contributed by atoms with Crippen LogP contribution in [0.15, 0.2) is 95.9 Å². The zero-order chi connectivity index (χ0) is 21.1. The van der Waals surface area contributed by atoms with Crippen LogP contribution in [0.5, 0.6) is 0 Å². The summed E-state index contributed by atoms with van der Waals surface area (Å²) in [7, 11) is -3.77. The maximum atomic E-state index is 12.8. The van der Waals surface area contributed by atoms with Crippen LogP contribution in [-0.2, 0) is 10.0 Å². The summed E-state index contributed by atoms with van der Waals surface area (Å²) in [4.78, 5) is 12.4. The van der Waals surface area contributed by atoms with Gasteiger partial charge in [-0.05, 0) is 54.8 Å². The number of carbonyl (C=O) groups excluding carboxylic acids is 1. The van der Waals surface area contributed by atoms with Crippen LogP contribution in [0.1, 0.15) is 15.9 Å². The molecule has 0 saturated carbocycles. The van der Waals surface area contributed by atoms with E-state index in [1.165, 1.54) is 12.1 Å². The molecule has 6 heteroatoms. The van der Waals surface area contributed by atoms with Crippen molar-refractivity contribution < 1.29 is 13.2 Å². The number of aryl methyl sites for hydroxylation is 1. The van der Waals surface area contributed by atoms with Gasteiger partial charge >= 0.3 is 0 Å². The van der Waals surface area contributed by atoms with Crippen molar-refractivity contribution in [3.63, 3.8) is 0 Å². The summed E-state index contributed by atoms with van der Waals surface area (Å²) in [5, 5.41) is 4.55. The number of rotatable bonds is 5. The third kappa shape index (κ3) is 4.18. The fourth-order valence-corrected chi connectivity index (χ4v) is 4.22. The average Bonchev–Trinajstić information content (AvgIpc) is 2.75. The van der Waals surface area contributed by atoms with Gasteiger partial charge in [-0.3, -0.25) is 9.52 Å². The number of sulfonamides is 1. The molecule has 4 aromatic carbocycles. The maximum absolute atomic E-state index is 12.8. The van der Waals surface area contributed by atoms with Crippen molar-refractivity contribution in [1.29, 1.82) is 0 Å². The molecule has 0 bridgehead atoms. The van der Waals surface area contributed by atoms with Crippen molar-refractivity contribution in [3.05, 3.63) is 102 Å². The summed E-state index contributed by atoms with van der Waals surface area (Å²) in [5.41, 5.74) is 2.64. The Bertz CT molecular complexity index is 1310. The van der Waals surface area contributed by atoms with Gasteiger partial charge in [-0.25, -0.2) is 8.42 Å². The molecule has 0 aliphatic rings. The van der Waals surface area contributed by atoms with Crippen LogP contribution >= 0.6 is 0 Å². The Morgan fingerprint density at radius 1 is 0.767 bits per heavy atom. The molecular weight excluding hydrogens is 396 g/mol. The standard InChI is InChI=1S/C24H20N2O3S/c1-17-9-11-19(12-10-17)24(27)25-20-13-15-21(16-14-20)30(28,29)26-23-8-4-6-18-5-2-3-7-22(18)23/h2-16,26H,1H3,(H,25,27). The molecule has 150 valence electrons. The zero-order valence-corrected chi connectivity index (χ0v) is 17.1. The molecule has 0 aliphatic carbocycles. The molecule has 1 amide bonds. The molecule has 0 saturated heterocycles. The second kappa shape index (κ2) is 8.00. The van der Waals surface area contributed by atoms with Gasteiger partial charge in [-0.1, -0.05) is 54.1 Å². The minimum Gasteiger partial charge on any atom is -0.322 e. The van der Waals surface area contributed by atoms with E-state index in [-0.39, 0.29) is 10.8 Å². The van der Waals surface area contributed by atoms with E-state index in [2.05, 4.69) is 10.0 Å². The Morgan fingerprint density at radius 3 is 2.17 bits per heavy atom. The van der Waals surface area contributed by atoms with Crippen LogP contribution < -0.4 is 10.0 Å². The molecule has 0 atom stereocenters. The Labute approximate surface area is 175 Å². The van der Waals surface area contributed by atoms with E-state index in [1.54, 1.807) is 30.3 Å². The Hall–Kier alpha value is -3.64.